The molecule has 2 nitrogen and oxygen atoms in total. The molecular weight excluding hydrogens is 701 g/mol. The lowest BCUT2D eigenvalue weighted by Crippen LogP contribution is -2.40. The third-order valence-electron chi connectivity index (χ3n) is 12.6. The molecular formula is C56H40N2. The van der Waals surface area contributed by atoms with E-state index in [1.807, 2.05) is 18.2 Å². The third-order valence-corrected chi connectivity index (χ3v) is 12.6. The fourth-order valence-corrected chi connectivity index (χ4v) is 9.93. The van der Waals surface area contributed by atoms with E-state index >= 15 is 0 Å². The van der Waals surface area contributed by atoms with Crippen molar-refractivity contribution >= 4 is 0 Å². The Morgan fingerprint density at radius 1 is 0.293 bits per heavy atom. The molecule has 2 heteroatoms. The van der Waals surface area contributed by atoms with Crippen LogP contribution in [0.4, 0.5) is 0 Å². The van der Waals surface area contributed by atoms with Crippen LogP contribution in [-0.2, 0) is 10.8 Å². The number of aromatic nitrogens is 2. The normalized spacial score (nSPS) is 14.0. The number of benzene rings is 8. The lowest BCUT2D eigenvalue weighted by atomic mass is 9.55. The molecule has 0 bridgehead atoms. The summed E-state index contributed by atoms with van der Waals surface area (Å²) >= 11 is 0. The molecule has 0 saturated carbocycles. The van der Waals surface area contributed by atoms with Crippen LogP contribution >= 0.6 is 0 Å². The molecule has 0 atom stereocenters. The molecule has 0 unspecified atom stereocenters. The summed E-state index contributed by atoms with van der Waals surface area (Å²) in [6.07, 6.45) is 0. The van der Waals surface area contributed by atoms with Crippen molar-refractivity contribution in [3.05, 3.63) is 240 Å². The SMILES string of the molecule is CC1(C)c2ccccc2C2(c3ccccc3-c3cc(-c4cccc(-c5cc(-c6ccccc6-c6ccccc6)nc(-c6ccccc6)n5)c4)ccc32)c2ccccc21. The predicted octanol–water partition coefficient (Wildman–Crippen LogP) is 13.8. The first-order valence-corrected chi connectivity index (χ1v) is 20.2. The van der Waals surface area contributed by atoms with Crippen LogP contribution in [-0.4, -0.2) is 9.97 Å². The highest BCUT2D eigenvalue weighted by atomic mass is 14.9. The Morgan fingerprint density at radius 3 is 1.47 bits per heavy atom. The van der Waals surface area contributed by atoms with Gasteiger partial charge in [-0.3, -0.25) is 0 Å². The van der Waals surface area contributed by atoms with Crippen molar-refractivity contribution in [1.29, 1.82) is 0 Å². The molecule has 0 saturated heterocycles. The van der Waals surface area contributed by atoms with Gasteiger partial charge in [0.25, 0.3) is 0 Å². The molecule has 0 radical (unpaired) electrons. The van der Waals surface area contributed by atoms with Gasteiger partial charge in [-0.05, 0) is 85.0 Å². The first-order valence-electron chi connectivity index (χ1n) is 20.2. The Balaban J connectivity index is 1.07. The van der Waals surface area contributed by atoms with Crippen LogP contribution < -0.4 is 0 Å². The highest BCUT2D eigenvalue weighted by Gasteiger charge is 2.53. The maximum atomic E-state index is 5.22. The summed E-state index contributed by atoms with van der Waals surface area (Å²) in [5, 5.41) is 0. The monoisotopic (exact) mass is 740 g/mol. The maximum Gasteiger partial charge on any atom is 0.160 e. The van der Waals surface area contributed by atoms with Gasteiger partial charge >= 0.3 is 0 Å². The molecule has 2 aliphatic carbocycles. The Labute approximate surface area is 340 Å². The fraction of sp³-hybridized carbons (Fsp3) is 0.0714. The summed E-state index contributed by atoms with van der Waals surface area (Å²) in [5.41, 5.74) is 19.8. The number of nitrogens with zero attached hydrogens (tertiary/aromatic N) is 2. The van der Waals surface area contributed by atoms with Crippen LogP contribution in [0.25, 0.3) is 67.3 Å². The van der Waals surface area contributed by atoms with Crippen LogP contribution in [0.1, 0.15) is 47.2 Å². The number of hydrogen-bond donors (Lipinski definition) is 0. The summed E-state index contributed by atoms with van der Waals surface area (Å²) in [5.74, 6) is 0.706. The van der Waals surface area contributed by atoms with E-state index in [9.17, 15) is 0 Å². The van der Waals surface area contributed by atoms with E-state index in [0.29, 0.717) is 5.82 Å². The van der Waals surface area contributed by atoms with Crippen LogP contribution in [0.5, 0.6) is 0 Å². The Bertz CT molecular complexity index is 2980. The van der Waals surface area contributed by atoms with Crippen LogP contribution in [0.15, 0.2) is 206 Å². The first kappa shape index (κ1) is 34.1. The van der Waals surface area contributed by atoms with Gasteiger partial charge in [0, 0.05) is 22.1 Å². The van der Waals surface area contributed by atoms with E-state index in [-0.39, 0.29) is 5.41 Å². The zero-order chi connectivity index (χ0) is 38.8. The zero-order valence-electron chi connectivity index (χ0n) is 32.5. The summed E-state index contributed by atoms with van der Waals surface area (Å²) < 4.78 is 0. The van der Waals surface area contributed by atoms with Crippen molar-refractivity contribution in [2.24, 2.45) is 0 Å². The van der Waals surface area contributed by atoms with Crippen LogP contribution in [0.2, 0.25) is 0 Å². The molecule has 8 aromatic carbocycles. The van der Waals surface area contributed by atoms with Gasteiger partial charge in [0.1, 0.15) is 0 Å². The summed E-state index contributed by atoms with van der Waals surface area (Å²) in [4.78, 5) is 10.4. The van der Waals surface area contributed by atoms with Gasteiger partial charge in [0.05, 0.1) is 16.8 Å². The van der Waals surface area contributed by atoms with Gasteiger partial charge in [-0.15, -0.1) is 0 Å². The largest absolute Gasteiger partial charge is 0.228 e. The van der Waals surface area contributed by atoms with Crippen LogP contribution in [0, 0.1) is 0 Å². The molecule has 274 valence electrons. The number of fused-ring (bicyclic) bond motifs is 9. The minimum Gasteiger partial charge on any atom is -0.228 e. The van der Waals surface area contributed by atoms with Crippen molar-refractivity contribution in [3.63, 3.8) is 0 Å². The van der Waals surface area contributed by atoms with Crippen molar-refractivity contribution in [1.82, 2.24) is 9.97 Å². The van der Waals surface area contributed by atoms with E-state index in [1.54, 1.807) is 0 Å². The van der Waals surface area contributed by atoms with E-state index in [2.05, 4.69) is 202 Å². The average molecular weight is 741 g/mol. The predicted molar refractivity (Wildman–Crippen MR) is 239 cm³/mol. The second-order valence-electron chi connectivity index (χ2n) is 16.1. The van der Waals surface area contributed by atoms with Crippen molar-refractivity contribution in [2.75, 3.05) is 0 Å². The minimum atomic E-state index is -0.406. The maximum absolute atomic E-state index is 5.22. The first-order chi connectivity index (χ1) is 28.5. The Hall–Kier alpha value is -7.16. The molecule has 1 heterocycles. The lowest BCUT2D eigenvalue weighted by molar-refractivity contribution is 0.563. The molecule has 1 spiro atoms. The van der Waals surface area contributed by atoms with E-state index in [4.69, 9.17) is 9.97 Å². The fourth-order valence-electron chi connectivity index (χ4n) is 9.93. The van der Waals surface area contributed by atoms with Gasteiger partial charge in [-0.1, -0.05) is 202 Å². The quantitative estimate of drug-likeness (QED) is 0.176. The second-order valence-corrected chi connectivity index (χ2v) is 16.1. The smallest absolute Gasteiger partial charge is 0.160 e. The molecule has 58 heavy (non-hydrogen) atoms. The molecule has 9 aromatic rings. The van der Waals surface area contributed by atoms with Gasteiger partial charge < -0.3 is 0 Å². The molecule has 0 fully saturated rings. The summed E-state index contributed by atoms with van der Waals surface area (Å²) in [6.45, 7) is 4.75. The number of rotatable bonds is 5. The molecule has 0 N–H and O–H groups in total. The highest BCUT2D eigenvalue weighted by molar-refractivity contribution is 5.91. The average Bonchev–Trinajstić information content (AvgIpc) is 3.59. The van der Waals surface area contributed by atoms with Crippen LogP contribution in [0.3, 0.4) is 0 Å². The Morgan fingerprint density at radius 2 is 0.776 bits per heavy atom. The van der Waals surface area contributed by atoms with Gasteiger partial charge in [-0.25, -0.2) is 9.97 Å². The minimum absolute atomic E-state index is 0.124. The molecule has 1 aromatic heterocycles. The standard InChI is InChI=1S/C56H40N2/c1-55(2)48-28-13-15-30-50(48)56(51-31-16-14-29-49(51)55)46-27-12-11-25-43(46)45-35-40(32-33-47(45)56)39-22-17-23-41(34-39)52-36-53(58-54(57-52)38-20-7-4-8-21-38)44-26-10-9-24-42(44)37-18-5-3-6-19-37/h3-36H,1-2H3. The van der Waals surface area contributed by atoms with E-state index in [1.165, 1.54) is 50.1 Å². The van der Waals surface area contributed by atoms with E-state index in [0.717, 1.165) is 44.8 Å². The molecule has 0 amide bonds. The summed E-state index contributed by atoms with van der Waals surface area (Å²) in [7, 11) is 0. The molecule has 2 aliphatic rings. The van der Waals surface area contributed by atoms with Crippen molar-refractivity contribution < 1.29 is 0 Å². The summed E-state index contributed by atoms with van der Waals surface area (Å²) in [6, 6.07) is 74.8. The lowest BCUT2D eigenvalue weighted by Gasteiger charge is -2.46. The van der Waals surface area contributed by atoms with Crippen molar-refractivity contribution in [2.45, 2.75) is 24.7 Å². The second kappa shape index (κ2) is 13.2. The molecule has 0 aliphatic heterocycles. The van der Waals surface area contributed by atoms with Crippen molar-refractivity contribution in [3.8, 4) is 67.3 Å². The highest BCUT2D eigenvalue weighted by Crippen LogP contribution is 2.62. The zero-order valence-corrected chi connectivity index (χ0v) is 32.5. The number of hydrogen-bond acceptors (Lipinski definition) is 2. The Kier molecular flexibility index (Phi) is 7.78. The third kappa shape index (κ3) is 5.11. The molecule has 11 rings (SSSR count). The van der Waals surface area contributed by atoms with Gasteiger partial charge in [0.2, 0.25) is 0 Å². The van der Waals surface area contributed by atoms with Gasteiger partial charge in [0.15, 0.2) is 5.82 Å². The van der Waals surface area contributed by atoms with Gasteiger partial charge in [-0.2, -0.15) is 0 Å². The topological polar surface area (TPSA) is 25.8 Å². The van der Waals surface area contributed by atoms with E-state index < -0.39 is 5.41 Å².